The number of carbonyl (C=O) groups is 1. The van der Waals surface area contributed by atoms with Gasteiger partial charge < -0.3 is 19.0 Å². The molecule has 0 fully saturated rings. The molecule has 0 radical (unpaired) electrons. The van der Waals surface area contributed by atoms with Crippen molar-refractivity contribution in [3.05, 3.63) is 83.5 Å². The number of para-hydroxylation sites is 2. The summed E-state index contributed by atoms with van der Waals surface area (Å²) in [5, 5.41) is 3.56. The van der Waals surface area contributed by atoms with Crippen molar-refractivity contribution in [1.82, 2.24) is 14.9 Å². The van der Waals surface area contributed by atoms with Gasteiger partial charge >= 0.3 is 0 Å². The predicted molar refractivity (Wildman–Crippen MR) is 116 cm³/mol. The normalized spacial score (nSPS) is 11.0. The molecule has 154 valence electrons. The van der Waals surface area contributed by atoms with E-state index < -0.39 is 0 Å². The molecule has 0 atom stereocenters. The molecular weight excluding hydrogens is 402 g/mol. The maximum Gasteiger partial charge on any atom is 0.286 e. The summed E-state index contributed by atoms with van der Waals surface area (Å²) in [6.07, 6.45) is 3.01. The second kappa shape index (κ2) is 9.50. The van der Waals surface area contributed by atoms with Crippen LogP contribution in [0.15, 0.2) is 71.3 Å². The molecule has 0 spiro atoms. The zero-order valence-corrected chi connectivity index (χ0v) is 17.1. The Morgan fingerprint density at radius 1 is 1.10 bits per heavy atom. The van der Waals surface area contributed by atoms with E-state index in [4.69, 9.17) is 25.7 Å². The number of fused-ring (bicyclic) bond motifs is 1. The number of rotatable bonds is 9. The summed E-state index contributed by atoms with van der Waals surface area (Å²) < 4.78 is 13.1. The van der Waals surface area contributed by atoms with E-state index >= 15 is 0 Å². The number of ether oxygens (including phenoxy) is 1. The van der Waals surface area contributed by atoms with Crippen molar-refractivity contribution in [3.8, 4) is 5.75 Å². The van der Waals surface area contributed by atoms with Gasteiger partial charge in [-0.1, -0.05) is 23.7 Å². The number of amides is 1. The number of carbonyl (C=O) groups excluding carboxylic acids is 1. The van der Waals surface area contributed by atoms with Crippen molar-refractivity contribution in [3.63, 3.8) is 0 Å². The third kappa shape index (κ3) is 4.83. The Balaban J connectivity index is 1.37. The summed E-state index contributed by atoms with van der Waals surface area (Å²) in [7, 11) is 0. The largest absolute Gasteiger partial charge is 0.492 e. The molecule has 0 saturated heterocycles. The summed E-state index contributed by atoms with van der Waals surface area (Å²) >= 11 is 5.92. The number of nitrogens with zero attached hydrogens (tertiary/aromatic N) is 2. The summed E-state index contributed by atoms with van der Waals surface area (Å²) in [6, 6.07) is 18.7. The molecule has 2 aromatic carbocycles. The molecule has 6 nitrogen and oxygen atoms in total. The lowest BCUT2D eigenvalue weighted by molar-refractivity contribution is 0.0925. The summed E-state index contributed by atoms with van der Waals surface area (Å²) in [4.78, 5) is 16.7. The molecule has 2 aromatic heterocycles. The number of furan rings is 1. The van der Waals surface area contributed by atoms with Crippen molar-refractivity contribution < 1.29 is 13.9 Å². The molecular formula is C23H22ClN3O3. The van der Waals surface area contributed by atoms with Gasteiger partial charge in [0, 0.05) is 18.0 Å². The van der Waals surface area contributed by atoms with E-state index in [1.165, 1.54) is 6.26 Å². The standard InChI is InChI=1S/C23H22ClN3O3/c24-17-9-11-18(12-10-17)29-16-14-27-20-6-2-1-5-19(20)26-22(27)8-3-13-25-23(28)21-7-4-15-30-21/h1-2,4-7,9-12,15H,3,8,13-14,16H2,(H,25,28). The molecule has 30 heavy (non-hydrogen) atoms. The van der Waals surface area contributed by atoms with Crippen LogP contribution in [0.2, 0.25) is 5.02 Å². The lowest BCUT2D eigenvalue weighted by Gasteiger charge is -2.11. The Kier molecular flexibility index (Phi) is 6.35. The van der Waals surface area contributed by atoms with Crippen molar-refractivity contribution in [2.45, 2.75) is 19.4 Å². The van der Waals surface area contributed by atoms with Crippen LogP contribution in [0.25, 0.3) is 11.0 Å². The smallest absolute Gasteiger partial charge is 0.286 e. The van der Waals surface area contributed by atoms with Gasteiger partial charge in [-0.15, -0.1) is 0 Å². The van der Waals surface area contributed by atoms with E-state index in [0.717, 1.165) is 35.4 Å². The fourth-order valence-corrected chi connectivity index (χ4v) is 3.42. The van der Waals surface area contributed by atoms with Crippen molar-refractivity contribution in [2.24, 2.45) is 0 Å². The first-order valence-electron chi connectivity index (χ1n) is 9.85. The highest BCUT2D eigenvalue weighted by atomic mass is 35.5. The molecule has 0 aliphatic carbocycles. The van der Waals surface area contributed by atoms with E-state index in [9.17, 15) is 4.79 Å². The van der Waals surface area contributed by atoms with Crippen LogP contribution in [0.3, 0.4) is 0 Å². The van der Waals surface area contributed by atoms with Crippen LogP contribution in [0, 0.1) is 0 Å². The molecule has 0 bridgehead atoms. The minimum Gasteiger partial charge on any atom is -0.492 e. The van der Waals surface area contributed by atoms with Crippen LogP contribution in [-0.2, 0) is 13.0 Å². The van der Waals surface area contributed by atoms with Gasteiger partial charge in [0.1, 0.15) is 18.2 Å². The molecule has 0 saturated carbocycles. The zero-order chi connectivity index (χ0) is 20.8. The fraction of sp³-hybridized carbons (Fsp3) is 0.217. The Bertz CT molecular complexity index is 1100. The average molecular weight is 424 g/mol. The van der Waals surface area contributed by atoms with Gasteiger partial charge in [-0.05, 0) is 55.0 Å². The minimum absolute atomic E-state index is 0.204. The van der Waals surface area contributed by atoms with Crippen molar-refractivity contribution in [2.75, 3.05) is 13.2 Å². The molecule has 1 N–H and O–H groups in total. The number of nitrogens with one attached hydrogen (secondary N) is 1. The molecule has 7 heteroatoms. The Morgan fingerprint density at radius 3 is 2.73 bits per heavy atom. The molecule has 4 aromatic rings. The third-order valence-corrected chi connectivity index (χ3v) is 4.99. The predicted octanol–water partition coefficient (Wildman–Crippen LogP) is 4.72. The lowest BCUT2D eigenvalue weighted by atomic mass is 10.3. The number of aryl methyl sites for hydroxylation is 1. The first-order chi connectivity index (χ1) is 14.7. The summed E-state index contributed by atoms with van der Waals surface area (Å²) in [5.41, 5.74) is 2.03. The van der Waals surface area contributed by atoms with E-state index in [0.29, 0.717) is 30.5 Å². The number of benzene rings is 2. The van der Waals surface area contributed by atoms with Gasteiger partial charge in [0.2, 0.25) is 0 Å². The van der Waals surface area contributed by atoms with Crippen LogP contribution in [0.1, 0.15) is 22.8 Å². The zero-order valence-electron chi connectivity index (χ0n) is 16.4. The highest BCUT2D eigenvalue weighted by Gasteiger charge is 2.11. The van der Waals surface area contributed by atoms with Crippen molar-refractivity contribution in [1.29, 1.82) is 0 Å². The van der Waals surface area contributed by atoms with Crippen LogP contribution in [-0.4, -0.2) is 28.6 Å². The van der Waals surface area contributed by atoms with Gasteiger partial charge in [-0.3, -0.25) is 4.79 Å². The Labute approximate surface area is 179 Å². The number of aromatic nitrogens is 2. The molecule has 4 rings (SSSR count). The number of hydrogen-bond acceptors (Lipinski definition) is 4. The molecule has 0 aliphatic rings. The fourth-order valence-electron chi connectivity index (χ4n) is 3.29. The average Bonchev–Trinajstić information content (AvgIpc) is 3.41. The molecule has 0 unspecified atom stereocenters. The SMILES string of the molecule is O=C(NCCCc1nc2ccccc2n1CCOc1ccc(Cl)cc1)c1ccco1. The van der Waals surface area contributed by atoms with E-state index in [2.05, 4.69) is 16.0 Å². The topological polar surface area (TPSA) is 69.3 Å². The van der Waals surface area contributed by atoms with Crippen molar-refractivity contribution >= 4 is 28.5 Å². The monoisotopic (exact) mass is 423 g/mol. The summed E-state index contributed by atoms with van der Waals surface area (Å²) in [6.45, 7) is 1.74. The lowest BCUT2D eigenvalue weighted by Crippen LogP contribution is -2.24. The number of imidazole rings is 1. The molecule has 1 amide bonds. The Hall–Kier alpha value is -3.25. The minimum atomic E-state index is -0.204. The van der Waals surface area contributed by atoms with Crippen LogP contribution < -0.4 is 10.1 Å². The summed E-state index contributed by atoms with van der Waals surface area (Å²) in [5.74, 6) is 1.88. The third-order valence-electron chi connectivity index (χ3n) is 4.74. The Morgan fingerprint density at radius 2 is 1.93 bits per heavy atom. The highest BCUT2D eigenvalue weighted by molar-refractivity contribution is 6.30. The van der Waals surface area contributed by atoms with Crippen LogP contribution >= 0.6 is 11.6 Å². The van der Waals surface area contributed by atoms with Crippen LogP contribution in [0.5, 0.6) is 5.75 Å². The van der Waals surface area contributed by atoms with E-state index in [1.54, 1.807) is 12.1 Å². The number of halogens is 1. The first kappa shape index (κ1) is 20.0. The van der Waals surface area contributed by atoms with Crippen LogP contribution in [0.4, 0.5) is 0 Å². The highest BCUT2D eigenvalue weighted by Crippen LogP contribution is 2.19. The quantitative estimate of drug-likeness (QED) is 0.395. The van der Waals surface area contributed by atoms with Gasteiger partial charge in [-0.2, -0.15) is 0 Å². The number of hydrogen-bond donors (Lipinski definition) is 1. The molecule has 0 aliphatic heterocycles. The van der Waals surface area contributed by atoms with E-state index in [-0.39, 0.29) is 5.91 Å². The maximum absolute atomic E-state index is 12.0. The second-order valence-electron chi connectivity index (χ2n) is 6.81. The molecule has 2 heterocycles. The maximum atomic E-state index is 12.0. The van der Waals surface area contributed by atoms with Gasteiger partial charge in [0.05, 0.1) is 23.8 Å². The first-order valence-corrected chi connectivity index (χ1v) is 10.2. The second-order valence-corrected chi connectivity index (χ2v) is 7.24. The van der Waals surface area contributed by atoms with E-state index in [1.807, 2.05) is 42.5 Å². The van der Waals surface area contributed by atoms with Gasteiger partial charge in [0.25, 0.3) is 5.91 Å². The van der Waals surface area contributed by atoms with Gasteiger partial charge in [0.15, 0.2) is 5.76 Å². The van der Waals surface area contributed by atoms with Gasteiger partial charge in [-0.25, -0.2) is 4.98 Å².